The summed E-state index contributed by atoms with van der Waals surface area (Å²) in [4.78, 5) is 4.89. The van der Waals surface area contributed by atoms with Crippen molar-refractivity contribution in [3.8, 4) is 12.3 Å². The molecular weight excluding hydrogens is 182 g/mol. The van der Waals surface area contributed by atoms with Crippen molar-refractivity contribution in [3.05, 3.63) is 11.4 Å². The molecule has 1 aliphatic carbocycles. The van der Waals surface area contributed by atoms with Crippen LogP contribution in [0.25, 0.3) is 0 Å². The highest BCUT2D eigenvalue weighted by Gasteiger charge is 2.21. The molecule has 0 atom stereocenters. The van der Waals surface area contributed by atoms with E-state index >= 15 is 0 Å². The molecular formula is C9H9N3O2. The van der Waals surface area contributed by atoms with Crippen molar-refractivity contribution in [2.24, 2.45) is 5.16 Å². The van der Waals surface area contributed by atoms with E-state index in [0.717, 1.165) is 30.7 Å². The third-order valence-corrected chi connectivity index (χ3v) is 1.98. The third kappa shape index (κ3) is 1.59. The Bertz CT molecular complexity index is 389. The molecule has 2 rings (SSSR count). The maximum Gasteiger partial charge on any atom is 0.177 e. The summed E-state index contributed by atoms with van der Waals surface area (Å²) in [7, 11) is 0. The normalized spacial score (nSPS) is 17.5. The third-order valence-electron chi connectivity index (χ3n) is 1.98. The molecule has 5 nitrogen and oxygen atoms in total. The monoisotopic (exact) mass is 191 g/mol. The lowest BCUT2D eigenvalue weighted by atomic mass is 9.99. The van der Waals surface area contributed by atoms with Crippen LogP contribution in [-0.2, 0) is 11.3 Å². The van der Waals surface area contributed by atoms with E-state index < -0.39 is 0 Å². The number of terminal acetylenes is 1. The van der Waals surface area contributed by atoms with Crippen LogP contribution >= 0.6 is 0 Å². The number of oxime groups is 1. The lowest BCUT2D eigenvalue weighted by Gasteiger charge is -2.08. The van der Waals surface area contributed by atoms with Crippen molar-refractivity contribution in [2.75, 3.05) is 6.61 Å². The minimum absolute atomic E-state index is 0.171. The molecule has 0 unspecified atom stereocenters. The second kappa shape index (κ2) is 3.92. The van der Waals surface area contributed by atoms with Gasteiger partial charge in [-0.25, -0.2) is 4.63 Å². The molecule has 0 N–H and O–H groups in total. The molecule has 0 aromatic carbocycles. The number of aromatic nitrogens is 2. The van der Waals surface area contributed by atoms with Gasteiger partial charge in [-0.2, -0.15) is 0 Å². The number of nitrogens with zero attached hydrogens (tertiary/aromatic N) is 3. The second-order valence-corrected chi connectivity index (χ2v) is 2.93. The van der Waals surface area contributed by atoms with Gasteiger partial charge in [0.1, 0.15) is 11.4 Å². The molecule has 1 aliphatic rings. The largest absolute Gasteiger partial charge is 0.382 e. The highest BCUT2D eigenvalue weighted by Crippen LogP contribution is 2.17. The summed E-state index contributed by atoms with van der Waals surface area (Å²) in [6.45, 7) is 0.171. The second-order valence-electron chi connectivity index (χ2n) is 2.93. The standard InChI is InChI=1S/C9H9N3O2/c1-2-6-13-10-7-4-3-5-8-9(7)12-14-11-8/h1H,3-6H2. The predicted molar refractivity (Wildman–Crippen MR) is 48.6 cm³/mol. The van der Waals surface area contributed by atoms with Gasteiger partial charge in [-0.1, -0.05) is 16.2 Å². The van der Waals surface area contributed by atoms with Gasteiger partial charge in [0.2, 0.25) is 0 Å². The molecule has 14 heavy (non-hydrogen) atoms. The van der Waals surface area contributed by atoms with Crippen LogP contribution in [0.4, 0.5) is 0 Å². The first-order valence-electron chi connectivity index (χ1n) is 4.36. The highest BCUT2D eigenvalue weighted by molar-refractivity contribution is 6.00. The van der Waals surface area contributed by atoms with E-state index in [4.69, 9.17) is 11.3 Å². The van der Waals surface area contributed by atoms with E-state index in [-0.39, 0.29) is 6.61 Å². The van der Waals surface area contributed by atoms with Crippen molar-refractivity contribution in [2.45, 2.75) is 19.3 Å². The first-order chi connectivity index (χ1) is 6.92. The molecule has 0 aliphatic heterocycles. The Hall–Kier alpha value is -1.83. The zero-order valence-corrected chi connectivity index (χ0v) is 7.56. The fraction of sp³-hybridized carbons (Fsp3) is 0.444. The van der Waals surface area contributed by atoms with E-state index in [2.05, 4.69) is 26.0 Å². The fourth-order valence-electron chi connectivity index (χ4n) is 1.37. The maximum absolute atomic E-state index is 5.03. The summed E-state index contributed by atoms with van der Waals surface area (Å²) in [5.74, 6) is 2.34. The Labute approximate surface area is 81.1 Å². The Morgan fingerprint density at radius 2 is 2.43 bits per heavy atom. The Morgan fingerprint density at radius 1 is 1.50 bits per heavy atom. The van der Waals surface area contributed by atoms with Gasteiger partial charge in [0.05, 0.1) is 0 Å². The molecule has 1 aromatic heterocycles. The van der Waals surface area contributed by atoms with Crippen molar-refractivity contribution in [1.29, 1.82) is 0 Å². The summed E-state index contributed by atoms with van der Waals surface area (Å²) in [6, 6.07) is 0. The summed E-state index contributed by atoms with van der Waals surface area (Å²) in [5.41, 5.74) is 2.32. The molecule has 0 fully saturated rings. The molecule has 1 heterocycles. The molecule has 1 aromatic rings. The molecule has 0 radical (unpaired) electrons. The van der Waals surface area contributed by atoms with E-state index in [1.165, 1.54) is 0 Å². The van der Waals surface area contributed by atoms with Crippen LogP contribution in [0.15, 0.2) is 9.78 Å². The maximum atomic E-state index is 5.03. The van der Waals surface area contributed by atoms with Gasteiger partial charge in [-0.3, -0.25) is 0 Å². The Morgan fingerprint density at radius 3 is 3.29 bits per heavy atom. The molecule has 0 saturated heterocycles. The lowest BCUT2D eigenvalue weighted by molar-refractivity contribution is 0.179. The van der Waals surface area contributed by atoms with E-state index in [9.17, 15) is 0 Å². The van der Waals surface area contributed by atoms with E-state index in [1.54, 1.807) is 0 Å². The fourth-order valence-corrected chi connectivity index (χ4v) is 1.37. The predicted octanol–water partition coefficient (Wildman–Crippen LogP) is 0.760. The van der Waals surface area contributed by atoms with Crippen molar-refractivity contribution in [1.82, 2.24) is 10.3 Å². The van der Waals surface area contributed by atoms with Crippen LogP contribution < -0.4 is 0 Å². The Balaban J connectivity index is 2.16. The van der Waals surface area contributed by atoms with Gasteiger partial charge in [0, 0.05) is 0 Å². The number of hydrogen-bond acceptors (Lipinski definition) is 5. The molecule has 0 bridgehead atoms. The smallest absolute Gasteiger partial charge is 0.177 e. The minimum Gasteiger partial charge on any atom is -0.382 e. The molecule has 72 valence electrons. The lowest BCUT2D eigenvalue weighted by Crippen LogP contribution is -2.12. The average molecular weight is 191 g/mol. The molecule has 5 heteroatoms. The average Bonchev–Trinajstić information content (AvgIpc) is 2.67. The first kappa shape index (κ1) is 8.75. The van der Waals surface area contributed by atoms with Gasteiger partial charge in [-0.15, -0.1) is 6.42 Å². The SMILES string of the molecule is C#CCON=C1CCCc2nonc21. The zero-order valence-electron chi connectivity index (χ0n) is 7.56. The van der Waals surface area contributed by atoms with Crippen LogP contribution in [0.3, 0.4) is 0 Å². The topological polar surface area (TPSA) is 60.5 Å². The van der Waals surface area contributed by atoms with Gasteiger partial charge in [0.15, 0.2) is 12.3 Å². The quantitative estimate of drug-likeness (QED) is 0.393. The van der Waals surface area contributed by atoms with Crippen LogP contribution in [-0.4, -0.2) is 22.6 Å². The van der Waals surface area contributed by atoms with E-state index in [0.29, 0.717) is 5.69 Å². The molecule has 0 amide bonds. The number of fused-ring (bicyclic) bond motifs is 1. The Kier molecular flexibility index (Phi) is 2.45. The van der Waals surface area contributed by atoms with Crippen molar-refractivity contribution < 1.29 is 9.47 Å². The summed E-state index contributed by atoms with van der Waals surface area (Å²) in [6.07, 6.45) is 7.72. The summed E-state index contributed by atoms with van der Waals surface area (Å²) in [5, 5.41) is 11.4. The number of hydrogen-bond donors (Lipinski definition) is 0. The van der Waals surface area contributed by atoms with Crippen LogP contribution in [0.1, 0.15) is 24.2 Å². The van der Waals surface area contributed by atoms with Crippen LogP contribution in [0.5, 0.6) is 0 Å². The zero-order chi connectivity index (χ0) is 9.80. The van der Waals surface area contributed by atoms with Crippen LogP contribution in [0.2, 0.25) is 0 Å². The van der Waals surface area contributed by atoms with Gasteiger partial charge < -0.3 is 4.84 Å². The first-order valence-corrected chi connectivity index (χ1v) is 4.36. The van der Waals surface area contributed by atoms with Gasteiger partial charge >= 0.3 is 0 Å². The van der Waals surface area contributed by atoms with Gasteiger partial charge in [-0.05, 0) is 24.4 Å². The van der Waals surface area contributed by atoms with E-state index in [1.807, 2.05) is 0 Å². The number of rotatable bonds is 2. The minimum atomic E-state index is 0.171. The highest BCUT2D eigenvalue weighted by atomic mass is 16.6. The molecule has 0 saturated carbocycles. The van der Waals surface area contributed by atoms with Crippen molar-refractivity contribution in [3.63, 3.8) is 0 Å². The summed E-state index contributed by atoms with van der Waals surface area (Å²) < 4.78 is 4.63. The number of aryl methyl sites for hydroxylation is 1. The van der Waals surface area contributed by atoms with Crippen LogP contribution in [0, 0.1) is 12.3 Å². The summed E-state index contributed by atoms with van der Waals surface area (Å²) >= 11 is 0. The van der Waals surface area contributed by atoms with Crippen molar-refractivity contribution >= 4 is 5.71 Å². The molecule has 0 spiro atoms. The van der Waals surface area contributed by atoms with Gasteiger partial charge in [0.25, 0.3) is 0 Å².